The zero-order valence-corrected chi connectivity index (χ0v) is 23.6. The zero-order valence-electron chi connectivity index (χ0n) is 23.6. The third kappa shape index (κ3) is 6.73. The molecule has 0 aliphatic carbocycles. The van der Waals surface area contributed by atoms with E-state index in [1.54, 1.807) is 18.2 Å². The van der Waals surface area contributed by atoms with Crippen LogP contribution in [0.3, 0.4) is 0 Å². The number of nitrogens with zero attached hydrogens (tertiary/aromatic N) is 4. The van der Waals surface area contributed by atoms with Crippen LogP contribution >= 0.6 is 0 Å². The van der Waals surface area contributed by atoms with E-state index < -0.39 is 5.91 Å². The van der Waals surface area contributed by atoms with E-state index in [4.69, 9.17) is 4.74 Å². The lowest BCUT2D eigenvalue weighted by Gasteiger charge is -2.34. The number of carbonyl (C=O) groups is 3. The fourth-order valence-electron chi connectivity index (χ4n) is 4.86. The predicted octanol–water partition coefficient (Wildman–Crippen LogP) is 2.19. The van der Waals surface area contributed by atoms with E-state index in [-0.39, 0.29) is 24.8 Å². The summed E-state index contributed by atoms with van der Waals surface area (Å²) in [6.45, 7) is 5.77. The Morgan fingerprint density at radius 3 is 2.67 bits per heavy atom. The maximum Gasteiger partial charge on any atom is 0.272 e. The molecule has 0 atom stereocenters. The number of amides is 2. The monoisotopic (exact) mass is 570 g/mol. The molecule has 0 saturated carbocycles. The molecule has 0 radical (unpaired) electrons. The van der Waals surface area contributed by atoms with E-state index in [1.165, 1.54) is 23.8 Å². The van der Waals surface area contributed by atoms with Crippen LogP contribution in [-0.2, 0) is 17.9 Å². The number of anilines is 2. The summed E-state index contributed by atoms with van der Waals surface area (Å²) in [6.07, 6.45) is 3.39. The summed E-state index contributed by atoms with van der Waals surface area (Å²) in [6, 6.07) is 14.1. The van der Waals surface area contributed by atoms with Gasteiger partial charge in [-0.3, -0.25) is 14.4 Å². The Balaban J connectivity index is 0.000000189. The lowest BCUT2D eigenvalue weighted by Crippen LogP contribution is -2.44. The Labute approximate surface area is 243 Å². The molecule has 2 amide bonds. The summed E-state index contributed by atoms with van der Waals surface area (Å²) in [7, 11) is 4.18. The summed E-state index contributed by atoms with van der Waals surface area (Å²) in [5.41, 5.74) is 5.39. The predicted molar refractivity (Wildman–Crippen MR) is 160 cm³/mol. The van der Waals surface area contributed by atoms with Crippen LogP contribution in [0.1, 0.15) is 32.0 Å². The average molecular weight is 571 g/mol. The van der Waals surface area contributed by atoms with Crippen LogP contribution in [0.5, 0.6) is 5.75 Å². The highest BCUT2D eigenvalue weighted by Gasteiger charge is 2.18. The van der Waals surface area contributed by atoms with Crippen LogP contribution in [-0.4, -0.2) is 84.8 Å². The van der Waals surface area contributed by atoms with E-state index in [0.29, 0.717) is 34.3 Å². The number of rotatable bonds is 7. The van der Waals surface area contributed by atoms with Crippen molar-refractivity contribution in [2.45, 2.75) is 13.1 Å². The molecule has 0 unspecified atom stereocenters. The van der Waals surface area contributed by atoms with Gasteiger partial charge in [-0.15, -0.1) is 0 Å². The van der Waals surface area contributed by atoms with Gasteiger partial charge in [-0.25, -0.2) is 9.97 Å². The number of piperazine rings is 1. The molecule has 12 nitrogen and oxygen atoms in total. The maximum atomic E-state index is 12.5. The molecule has 218 valence electrons. The normalized spacial score (nSPS) is 14.7. The Morgan fingerprint density at radius 2 is 1.88 bits per heavy atom. The van der Waals surface area contributed by atoms with Crippen molar-refractivity contribution in [3.63, 3.8) is 0 Å². The van der Waals surface area contributed by atoms with Crippen LogP contribution in [0.2, 0.25) is 0 Å². The van der Waals surface area contributed by atoms with Gasteiger partial charge in [0.25, 0.3) is 11.8 Å². The van der Waals surface area contributed by atoms with Crippen molar-refractivity contribution in [2.75, 3.05) is 57.1 Å². The van der Waals surface area contributed by atoms with Crippen molar-refractivity contribution >= 4 is 40.5 Å². The number of hydrogen-bond acceptors (Lipinski definition) is 9. The van der Waals surface area contributed by atoms with E-state index in [2.05, 4.69) is 72.0 Å². The van der Waals surface area contributed by atoms with Crippen molar-refractivity contribution in [3.05, 3.63) is 77.4 Å². The molecule has 42 heavy (non-hydrogen) atoms. The summed E-state index contributed by atoms with van der Waals surface area (Å²) < 4.78 is 5.30. The van der Waals surface area contributed by atoms with Crippen LogP contribution in [0.25, 0.3) is 11.0 Å². The topological polar surface area (TPSA) is 145 Å². The minimum Gasteiger partial charge on any atom is -0.482 e. The highest BCUT2D eigenvalue weighted by Crippen LogP contribution is 2.28. The van der Waals surface area contributed by atoms with Gasteiger partial charge in [-0.1, -0.05) is 18.2 Å². The second-order valence-corrected chi connectivity index (χ2v) is 10.1. The summed E-state index contributed by atoms with van der Waals surface area (Å²) in [5.74, 6) is -0.0422. The summed E-state index contributed by atoms with van der Waals surface area (Å²) >= 11 is 0. The molecule has 2 aromatic carbocycles. The van der Waals surface area contributed by atoms with E-state index in [0.717, 1.165) is 38.3 Å². The average Bonchev–Trinajstić information content (AvgIpc) is 3.44. The van der Waals surface area contributed by atoms with Crippen LogP contribution in [0.4, 0.5) is 11.4 Å². The fourth-order valence-corrected chi connectivity index (χ4v) is 4.86. The lowest BCUT2D eigenvalue weighted by atomic mass is 10.1. The zero-order chi connectivity index (χ0) is 29.5. The molecule has 2 aliphatic heterocycles. The first-order chi connectivity index (χ1) is 20.4. The number of fused-ring (bicyclic) bond motifs is 2. The van der Waals surface area contributed by atoms with Crippen LogP contribution in [0.15, 0.2) is 55.0 Å². The molecule has 2 aromatic heterocycles. The first kappa shape index (κ1) is 28.7. The minimum atomic E-state index is -0.408. The summed E-state index contributed by atoms with van der Waals surface area (Å²) in [5, 5.41) is 8.67. The van der Waals surface area contributed by atoms with Gasteiger partial charge >= 0.3 is 0 Å². The molecule has 4 N–H and O–H groups in total. The number of aldehydes is 1. The highest BCUT2D eigenvalue weighted by molar-refractivity contribution is 6.06. The third-order valence-electron chi connectivity index (χ3n) is 7.12. The molecule has 0 spiro atoms. The Morgan fingerprint density at radius 1 is 1.07 bits per heavy atom. The van der Waals surface area contributed by atoms with E-state index in [1.807, 2.05) is 7.05 Å². The van der Waals surface area contributed by atoms with Crippen molar-refractivity contribution in [2.24, 2.45) is 0 Å². The van der Waals surface area contributed by atoms with Crippen molar-refractivity contribution in [1.29, 1.82) is 0 Å². The number of likely N-dealkylation sites (N-methyl/N-ethyl adjacent to an activating group) is 1. The fraction of sp³-hybridized carbons (Fsp3) is 0.300. The number of benzene rings is 2. The molecule has 1 saturated heterocycles. The first-order valence-electron chi connectivity index (χ1n) is 13.7. The van der Waals surface area contributed by atoms with Gasteiger partial charge in [0, 0.05) is 51.2 Å². The Bertz CT molecular complexity index is 1580. The highest BCUT2D eigenvalue weighted by atomic mass is 16.5. The smallest absolute Gasteiger partial charge is 0.272 e. The quantitative estimate of drug-likeness (QED) is 0.246. The molecule has 0 bridgehead atoms. The standard InChI is InChI=1S/C17H13N5O4.C13H21N3/c23-6-10-5-18-15-14(10)20-8-21-16(15)17(25)19-4-9-1-2-12-11(3-9)22-13(24)7-26-12;1-14-11-12-4-3-5-13(10-12)16-8-6-15(2)7-9-16/h1-3,5-6,8,18H,4,7H2,(H,19,25)(H,22,24);3-5,10,14H,6-9,11H2,1-2H3. The Hall–Kier alpha value is -4.81. The first-order valence-corrected chi connectivity index (χ1v) is 13.7. The van der Waals surface area contributed by atoms with E-state index >= 15 is 0 Å². The lowest BCUT2D eigenvalue weighted by molar-refractivity contribution is -0.118. The Kier molecular flexibility index (Phi) is 9.05. The van der Waals surface area contributed by atoms with Gasteiger partial charge in [-0.05, 0) is 49.5 Å². The van der Waals surface area contributed by atoms with Crippen molar-refractivity contribution in [1.82, 2.24) is 30.5 Å². The molecule has 4 aromatic rings. The second-order valence-electron chi connectivity index (χ2n) is 10.1. The van der Waals surface area contributed by atoms with Crippen molar-refractivity contribution < 1.29 is 19.1 Å². The largest absolute Gasteiger partial charge is 0.482 e. The number of carbonyl (C=O) groups excluding carboxylic acids is 3. The molecule has 12 heteroatoms. The van der Waals surface area contributed by atoms with Gasteiger partial charge < -0.3 is 35.5 Å². The second kappa shape index (κ2) is 13.2. The number of aromatic amines is 1. The number of H-pyrrole nitrogens is 1. The van der Waals surface area contributed by atoms with Crippen molar-refractivity contribution in [3.8, 4) is 5.75 Å². The van der Waals surface area contributed by atoms with E-state index in [9.17, 15) is 14.4 Å². The molecule has 2 aliphatic rings. The van der Waals surface area contributed by atoms with Gasteiger partial charge in [-0.2, -0.15) is 0 Å². The maximum absolute atomic E-state index is 12.5. The van der Waals surface area contributed by atoms with Gasteiger partial charge in [0.05, 0.1) is 16.8 Å². The van der Waals surface area contributed by atoms with Gasteiger partial charge in [0.1, 0.15) is 17.6 Å². The van der Waals surface area contributed by atoms with Crippen LogP contribution in [0, 0.1) is 0 Å². The van der Waals surface area contributed by atoms with Gasteiger partial charge in [0.15, 0.2) is 18.6 Å². The number of ether oxygens (including phenoxy) is 1. The molecule has 1 fully saturated rings. The molecule has 4 heterocycles. The molecular weight excluding hydrogens is 536 g/mol. The SMILES string of the molecule is CNCc1cccc(N2CCN(C)CC2)c1.O=Cc1c[nH]c2c(C(=O)NCc3ccc4c(c3)NC(=O)CO4)ncnc12. The molecular formula is C30H34N8O4. The number of aromatic nitrogens is 3. The third-order valence-corrected chi connectivity index (χ3v) is 7.12. The number of nitrogens with one attached hydrogen (secondary N) is 4. The number of hydrogen-bond donors (Lipinski definition) is 4. The summed E-state index contributed by atoms with van der Waals surface area (Å²) in [4.78, 5) is 50.6. The molecule has 6 rings (SSSR count). The minimum absolute atomic E-state index is 0.00822. The van der Waals surface area contributed by atoms with Crippen LogP contribution < -0.4 is 25.6 Å². The van der Waals surface area contributed by atoms with Gasteiger partial charge in [0.2, 0.25) is 0 Å².